The molecule has 114 valence electrons. The number of esters is 1. The number of benzene rings is 1. The highest BCUT2D eigenvalue weighted by Crippen LogP contribution is 2.14. The number of rotatable bonds is 4. The summed E-state index contributed by atoms with van der Waals surface area (Å²) in [6.07, 6.45) is 0.949. The Balaban J connectivity index is 0.000000219. The summed E-state index contributed by atoms with van der Waals surface area (Å²) in [5.74, 6) is -1.87. The Kier molecular flexibility index (Phi) is 6.55. The quantitative estimate of drug-likeness (QED) is 0.627. The van der Waals surface area contributed by atoms with Crippen LogP contribution in [-0.2, 0) is 25.5 Å². The summed E-state index contributed by atoms with van der Waals surface area (Å²) in [5, 5.41) is 8.52. The second kappa shape index (κ2) is 8.16. The van der Waals surface area contributed by atoms with E-state index >= 15 is 0 Å². The molecular formula is C15H19NO5. The molecule has 2 atom stereocenters. The van der Waals surface area contributed by atoms with Gasteiger partial charge in [0.1, 0.15) is 17.7 Å². The van der Waals surface area contributed by atoms with Crippen molar-refractivity contribution in [2.45, 2.75) is 25.8 Å². The number of hydrogen-bond donors (Lipinski definition) is 2. The van der Waals surface area contributed by atoms with Crippen molar-refractivity contribution in [1.29, 1.82) is 0 Å². The third-order valence-electron chi connectivity index (χ3n) is 3.04. The van der Waals surface area contributed by atoms with Gasteiger partial charge in [0.05, 0.1) is 6.61 Å². The first kappa shape index (κ1) is 16.8. The summed E-state index contributed by atoms with van der Waals surface area (Å²) in [5.41, 5.74) is 6.30. The molecule has 0 aromatic heterocycles. The van der Waals surface area contributed by atoms with Crippen molar-refractivity contribution in [2.75, 3.05) is 6.61 Å². The maximum absolute atomic E-state index is 10.6. The molecule has 0 saturated carbocycles. The van der Waals surface area contributed by atoms with Gasteiger partial charge in [0.2, 0.25) is 0 Å². The lowest BCUT2D eigenvalue weighted by Crippen LogP contribution is -2.32. The predicted molar refractivity (Wildman–Crippen MR) is 75.5 cm³/mol. The zero-order valence-electron chi connectivity index (χ0n) is 11.8. The predicted octanol–water partition coefficient (Wildman–Crippen LogP) is 0.779. The van der Waals surface area contributed by atoms with Crippen molar-refractivity contribution in [2.24, 2.45) is 11.7 Å². The van der Waals surface area contributed by atoms with E-state index in [0.717, 1.165) is 5.56 Å². The van der Waals surface area contributed by atoms with Crippen LogP contribution in [-0.4, -0.2) is 35.5 Å². The number of aliphatic carboxylic acids is 1. The molecule has 1 aromatic carbocycles. The molecule has 3 N–H and O–H groups in total. The third kappa shape index (κ3) is 5.74. The van der Waals surface area contributed by atoms with Gasteiger partial charge in [0.15, 0.2) is 0 Å². The molecular weight excluding hydrogens is 274 g/mol. The van der Waals surface area contributed by atoms with Gasteiger partial charge in [-0.05, 0) is 18.9 Å². The monoisotopic (exact) mass is 293 g/mol. The molecule has 0 radical (unpaired) electrons. The lowest BCUT2D eigenvalue weighted by atomic mass is 10.1. The number of carbonyl (C=O) groups excluding carboxylic acids is 2. The molecule has 0 aliphatic carbocycles. The van der Waals surface area contributed by atoms with Crippen molar-refractivity contribution < 1.29 is 24.2 Å². The fourth-order valence-electron chi connectivity index (χ4n) is 1.82. The summed E-state index contributed by atoms with van der Waals surface area (Å²) in [6, 6.07) is 8.54. The van der Waals surface area contributed by atoms with Crippen molar-refractivity contribution in [3.8, 4) is 0 Å². The summed E-state index contributed by atoms with van der Waals surface area (Å²) < 4.78 is 4.57. The number of hydrogen-bond acceptors (Lipinski definition) is 5. The molecule has 1 heterocycles. The van der Waals surface area contributed by atoms with Gasteiger partial charge in [-0.2, -0.15) is 0 Å². The second-order valence-electron chi connectivity index (χ2n) is 4.75. The molecule has 2 rings (SSSR count). The minimum atomic E-state index is -0.959. The van der Waals surface area contributed by atoms with Gasteiger partial charge in [-0.25, -0.2) is 0 Å². The minimum Gasteiger partial charge on any atom is -0.480 e. The van der Waals surface area contributed by atoms with Crippen molar-refractivity contribution >= 4 is 17.7 Å². The molecule has 21 heavy (non-hydrogen) atoms. The first-order chi connectivity index (χ1) is 9.91. The summed E-state index contributed by atoms with van der Waals surface area (Å²) >= 11 is 0. The first-order valence-corrected chi connectivity index (χ1v) is 6.61. The van der Waals surface area contributed by atoms with Crippen LogP contribution in [0.2, 0.25) is 0 Å². The zero-order chi connectivity index (χ0) is 15.8. The van der Waals surface area contributed by atoms with Gasteiger partial charge in [-0.3, -0.25) is 14.4 Å². The van der Waals surface area contributed by atoms with E-state index in [2.05, 4.69) is 4.74 Å². The van der Waals surface area contributed by atoms with Crippen LogP contribution in [0.15, 0.2) is 30.3 Å². The van der Waals surface area contributed by atoms with E-state index in [1.807, 2.05) is 30.3 Å². The van der Waals surface area contributed by atoms with Crippen molar-refractivity contribution in [1.82, 2.24) is 0 Å². The van der Waals surface area contributed by atoms with Gasteiger partial charge in [0.25, 0.3) is 0 Å². The van der Waals surface area contributed by atoms with E-state index in [9.17, 15) is 14.4 Å². The van der Waals surface area contributed by atoms with Crippen LogP contribution in [0.4, 0.5) is 0 Å². The number of ketones is 1. The molecule has 0 amide bonds. The SMILES string of the molecule is CC(=O)C1CCOC1=O.N[C@@H](Cc1ccccc1)C(=O)O. The first-order valence-electron chi connectivity index (χ1n) is 6.61. The summed E-state index contributed by atoms with van der Waals surface area (Å²) in [4.78, 5) is 31.5. The van der Waals surface area contributed by atoms with Crippen molar-refractivity contribution in [3.63, 3.8) is 0 Å². The Morgan fingerprint density at radius 2 is 2.00 bits per heavy atom. The molecule has 1 aliphatic heterocycles. The highest BCUT2D eigenvalue weighted by atomic mass is 16.5. The van der Waals surface area contributed by atoms with Crippen LogP contribution >= 0.6 is 0 Å². The Morgan fingerprint density at radius 3 is 2.38 bits per heavy atom. The van der Waals surface area contributed by atoms with Gasteiger partial charge in [-0.1, -0.05) is 30.3 Å². The maximum atomic E-state index is 10.6. The number of carboxylic acid groups (broad SMARTS) is 1. The maximum Gasteiger partial charge on any atom is 0.320 e. The number of ether oxygens (including phenoxy) is 1. The van der Waals surface area contributed by atoms with Crippen LogP contribution in [0.1, 0.15) is 18.9 Å². The smallest absolute Gasteiger partial charge is 0.320 e. The molecule has 1 aliphatic rings. The Bertz CT molecular complexity index is 500. The summed E-state index contributed by atoms with van der Waals surface area (Å²) in [7, 11) is 0. The van der Waals surface area contributed by atoms with E-state index in [0.29, 0.717) is 19.4 Å². The lowest BCUT2D eigenvalue weighted by Gasteiger charge is -2.04. The van der Waals surface area contributed by atoms with Gasteiger partial charge in [0, 0.05) is 6.42 Å². The van der Waals surface area contributed by atoms with Crippen LogP contribution in [0.3, 0.4) is 0 Å². The van der Waals surface area contributed by atoms with E-state index < -0.39 is 17.9 Å². The number of nitrogens with two attached hydrogens (primary N) is 1. The molecule has 1 fully saturated rings. The molecule has 0 bridgehead atoms. The number of Topliss-reactive ketones (excluding diaryl/α,β-unsaturated/α-hetero) is 1. The minimum absolute atomic E-state index is 0.0856. The van der Waals surface area contributed by atoms with Crippen LogP contribution in [0, 0.1) is 5.92 Å². The molecule has 0 spiro atoms. The molecule has 1 saturated heterocycles. The molecule has 6 nitrogen and oxygen atoms in total. The zero-order valence-corrected chi connectivity index (χ0v) is 11.8. The third-order valence-corrected chi connectivity index (χ3v) is 3.04. The van der Waals surface area contributed by atoms with E-state index in [-0.39, 0.29) is 11.8 Å². The molecule has 1 unspecified atom stereocenters. The van der Waals surface area contributed by atoms with Gasteiger partial charge >= 0.3 is 11.9 Å². The Hall–Kier alpha value is -2.21. The van der Waals surface area contributed by atoms with E-state index in [4.69, 9.17) is 10.8 Å². The topological polar surface area (TPSA) is 107 Å². The standard InChI is InChI=1S/C9H11NO2.C6H8O3/c10-8(9(11)12)6-7-4-2-1-3-5-7;1-4(7)5-2-3-9-6(5)8/h1-5,8H,6,10H2,(H,11,12);5H,2-3H2,1H3/t8-;/m0./s1. The Morgan fingerprint density at radius 1 is 1.38 bits per heavy atom. The average Bonchev–Trinajstić information content (AvgIpc) is 2.87. The van der Waals surface area contributed by atoms with Crippen LogP contribution in [0.25, 0.3) is 0 Å². The van der Waals surface area contributed by atoms with Crippen LogP contribution in [0.5, 0.6) is 0 Å². The number of cyclic esters (lactones) is 1. The van der Waals surface area contributed by atoms with Gasteiger partial charge in [-0.15, -0.1) is 0 Å². The molecule has 1 aromatic rings. The summed E-state index contributed by atoms with van der Waals surface area (Å²) in [6.45, 7) is 1.82. The van der Waals surface area contributed by atoms with E-state index in [1.165, 1.54) is 6.92 Å². The second-order valence-corrected chi connectivity index (χ2v) is 4.75. The molecule has 6 heteroatoms. The normalized spacial score (nSPS) is 18.2. The average molecular weight is 293 g/mol. The highest BCUT2D eigenvalue weighted by Gasteiger charge is 2.29. The van der Waals surface area contributed by atoms with Gasteiger partial charge < -0.3 is 15.6 Å². The van der Waals surface area contributed by atoms with E-state index in [1.54, 1.807) is 0 Å². The highest BCUT2D eigenvalue weighted by molar-refractivity contribution is 5.98. The largest absolute Gasteiger partial charge is 0.480 e. The van der Waals surface area contributed by atoms with Crippen LogP contribution < -0.4 is 5.73 Å². The Labute approximate surface area is 122 Å². The fraction of sp³-hybridized carbons (Fsp3) is 0.400. The number of carbonyl (C=O) groups is 3. The lowest BCUT2D eigenvalue weighted by molar-refractivity contribution is -0.144. The number of carboxylic acids is 1. The van der Waals surface area contributed by atoms with Crippen molar-refractivity contribution in [3.05, 3.63) is 35.9 Å². The fourth-order valence-corrected chi connectivity index (χ4v) is 1.82.